The highest BCUT2D eigenvalue weighted by molar-refractivity contribution is 8.14. The topological polar surface area (TPSA) is 67.0 Å². The van der Waals surface area contributed by atoms with E-state index in [4.69, 9.17) is 4.42 Å². The number of hydrogen-bond acceptors (Lipinski definition) is 5. The number of furan rings is 1. The minimum atomic E-state index is -0.105. The normalized spacial score (nSPS) is 16.9. The Morgan fingerprint density at radius 3 is 3.29 bits per heavy atom. The first-order valence-electron chi connectivity index (χ1n) is 3.91. The second kappa shape index (κ2) is 4.10. The Kier molecular flexibility index (Phi) is 2.64. The molecule has 72 valence electrons. The van der Waals surface area contributed by atoms with Crippen LogP contribution in [-0.4, -0.2) is 23.0 Å². The van der Waals surface area contributed by atoms with Crippen molar-refractivity contribution in [3.05, 3.63) is 24.2 Å². The summed E-state index contributed by atoms with van der Waals surface area (Å²) in [5, 5.41) is 4.28. The van der Waals surface area contributed by atoms with Crippen LogP contribution in [0.4, 0.5) is 0 Å². The van der Waals surface area contributed by atoms with E-state index in [2.05, 4.69) is 15.5 Å². The van der Waals surface area contributed by atoms with Crippen LogP contribution in [-0.2, 0) is 4.79 Å². The van der Waals surface area contributed by atoms with Crippen molar-refractivity contribution in [3.8, 4) is 0 Å². The third-order valence-corrected chi connectivity index (χ3v) is 2.32. The molecule has 2 heterocycles. The Hall–Kier alpha value is -1.56. The molecule has 1 amide bonds. The first-order chi connectivity index (χ1) is 6.84. The monoisotopic (exact) mass is 209 g/mol. The molecule has 2 rings (SSSR count). The maximum atomic E-state index is 10.7. The molecule has 0 fully saturated rings. The van der Waals surface area contributed by atoms with Gasteiger partial charge in [0.1, 0.15) is 5.76 Å². The van der Waals surface area contributed by atoms with Crippen LogP contribution >= 0.6 is 11.8 Å². The number of thioether (sulfide) groups is 1. The fourth-order valence-electron chi connectivity index (χ4n) is 0.855. The van der Waals surface area contributed by atoms with Gasteiger partial charge in [0, 0.05) is 0 Å². The van der Waals surface area contributed by atoms with Crippen molar-refractivity contribution in [2.45, 2.75) is 0 Å². The number of aliphatic imine (C=N–C) groups is 1. The molecule has 1 aliphatic rings. The zero-order valence-corrected chi connectivity index (χ0v) is 7.95. The van der Waals surface area contributed by atoms with Gasteiger partial charge in [0.25, 0.3) is 5.91 Å². The SMILES string of the molecule is O=C1CSC(/N=C/c2ccco2)=NN1. The van der Waals surface area contributed by atoms with Crippen molar-refractivity contribution >= 4 is 29.1 Å². The van der Waals surface area contributed by atoms with Gasteiger partial charge in [-0.2, -0.15) is 0 Å². The molecule has 1 aromatic heterocycles. The van der Waals surface area contributed by atoms with Gasteiger partial charge in [0.15, 0.2) is 0 Å². The molecule has 0 unspecified atom stereocenters. The summed E-state index contributed by atoms with van der Waals surface area (Å²) in [5.41, 5.74) is 2.35. The quantitative estimate of drug-likeness (QED) is 0.697. The van der Waals surface area contributed by atoms with E-state index in [1.165, 1.54) is 11.8 Å². The summed E-state index contributed by atoms with van der Waals surface area (Å²) in [4.78, 5) is 14.8. The highest BCUT2D eigenvalue weighted by atomic mass is 32.2. The average Bonchev–Trinajstić information content (AvgIpc) is 2.70. The second-order valence-corrected chi connectivity index (χ2v) is 3.43. The van der Waals surface area contributed by atoms with Gasteiger partial charge in [0.2, 0.25) is 5.17 Å². The van der Waals surface area contributed by atoms with Gasteiger partial charge >= 0.3 is 0 Å². The van der Waals surface area contributed by atoms with Gasteiger partial charge in [-0.3, -0.25) is 4.79 Å². The maximum absolute atomic E-state index is 10.7. The number of amidine groups is 1. The number of nitrogens with one attached hydrogen (secondary N) is 1. The summed E-state index contributed by atoms with van der Waals surface area (Å²) in [7, 11) is 0. The van der Waals surface area contributed by atoms with Crippen LogP contribution in [0.1, 0.15) is 5.76 Å². The Morgan fingerprint density at radius 2 is 2.64 bits per heavy atom. The minimum Gasteiger partial charge on any atom is -0.463 e. The van der Waals surface area contributed by atoms with Crippen LogP contribution in [0, 0.1) is 0 Å². The smallest absolute Gasteiger partial charge is 0.250 e. The largest absolute Gasteiger partial charge is 0.463 e. The molecule has 1 N–H and O–H groups in total. The molecule has 0 spiro atoms. The van der Waals surface area contributed by atoms with Gasteiger partial charge in [-0.05, 0) is 12.1 Å². The van der Waals surface area contributed by atoms with Crippen molar-refractivity contribution in [2.24, 2.45) is 10.1 Å². The number of rotatable bonds is 1. The van der Waals surface area contributed by atoms with Crippen LogP contribution in [0.2, 0.25) is 0 Å². The third kappa shape index (κ3) is 2.23. The fraction of sp³-hybridized carbons (Fsp3) is 0.125. The molecule has 0 radical (unpaired) electrons. The van der Waals surface area contributed by atoms with Gasteiger partial charge in [-0.15, -0.1) is 5.10 Å². The Labute approximate surface area is 84.3 Å². The molecule has 0 saturated heterocycles. The highest BCUT2D eigenvalue weighted by Gasteiger charge is 2.10. The molecular weight excluding hydrogens is 202 g/mol. The molecule has 0 bridgehead atoms. The molecule has 1 aliphatic heterocycles. The Bertz CT molecular complexity index is 383. The van der Waals surface area contributed by atoms with E-state index in [0.717, 1.165) is 0 Å². The lowest BCUT2D eigenvalue weighted by Crippen LogP contribution is -2.25. The molecule has 0 aliphatic carbocycles. The van der Waals surface area contributed by atoms with Crippen LogP contribution in [0.25, 0.3) is 0 Å². The lowest BCUT2D eigenvalue weighted by molar-refractivity contribution is -0.118. The van der Waals surface area contributed by atoms with Gasteiger partial charge < -0.3 is 4.42 Å². The lowest BCUT2D eigenvalue weighted by Gasteiger charge is -2.06. The summed E-state index contributed by atoms with van der Waals surface area (Å²) < 4.78 is 5.04. The van der Waals surface area contributed by atoms with E-state index in [-0.39, 0.29) is 5.91 Å². The molecule has 6 heteroatoms. The summed E-state index contributed by atoms with van der Waals surface area (Å²) in [6.45, 7) is 0. The zero-order chi connectivity index (χ0) is 9.80. The van der Waals surface area contributed by atoms with E-state index < -0.39 is 0 Å². The first-order valence-corrected chi connectivity index (χ1v) is 4.90. The van der Waals surface area contributed by atoms with E-state index >= 15 is 0 Å². The van der Waals surface area contributed by atoms with E-state index in [1.807, 2.05) is 0 Å². The van der Waals surface area contributed by atoms with Crippen molar-refractivity contribution in [3.63, 3.8) is 0 Å². The summed E-state index contributed by atoms with van der Waals surface area (Å²) >= 11 is 1.29. The summed E-state index contributed by atoms with van der Waals surface area (Å²) in [5.74, 6) is 0.908. The number of hydrogen-bond donors (Lipinski definition) is 1. The number of amides is 1. The summed E-state index contributed by atoms with van der Waals surface area (Å²) in [6.07, 6.45) is 3.13. The average molecular weight is 209 g/mol. The molecule has 0 atom stereocenters. The molecular formula is C8H7N3O2S. The number of carbonyl (C=O) groups excluding carboxylic acids is 1. The fourth-order valence-corrected chi connectivity index (χ4v) is 1.42. The first kappa shape index (κ1) is 9.01. The van der Waals surface area contributed by atoms with Gasteiger partial charge in [-0.1, -0.05) is 11.8 Å². The van der Waals surface area contributed by atoms with Crippen molar-refractivity contribution in [2.75, 3.05) is 5.75 Å². The Morgan fingerprint density at radius 1 is 1.71 bits per heavy atom. The number of hydrazone groups is 1. The minimum absolute atomic E-state index is 0.105. The van der Waals surface area contributed by atoms with Crippen molar-refractivity contribution in [1.82, 2.24) is 5.43 Å². The lowest BCUT2D eigenvalue weighted by atomic mass is 10.5. The van der Waals surface area contributed by atoms with Crippen LogP contribution in [0.5, 0.6) is 0 Å². The molecule has 1 aromatic rings. The number of nitrogens with zero attached hydrogens (tertiary/aromatic N) is 2. The van der Waals surface area contributed by atoms with Crippen LogP contribution < -0.4 is 5.43 Å². The van der Waals surface area contributed by atoms with E-state index in [0.29, 0.717) is 16.7 Å². The van der Waals surface area contributed by atoms with Crippen molar-refractivity contribution < 1.29 is 9.21 Å². The number of carbonyl (C=O) groups is 1. The molecule has 0 saturated carbocycles. The van der Waals surface area contributed by atoms with Gasteiger partial charge in [-0.25, -0.2) is 10.4 Å². The standard InChI is InChI=1S/C8H7N3O2S/c12-7-5-14-8(11-10-7)9-4-6-2-1-3-13-6/h1-4H,5H2,(H,10,12)/b9-4+. The van der Waals surface area contributed by atoms with E-state index in [1.54, 1.807) is 24.6 Å². The van der Waals surface area contributed by atoms with Crippen LogP contribution in [0.15, 0.2) is 32.9 Å². The second-order valence-electron chi connectivity index (χ2n) is 2.49. The maximum Gasteiger partial charge on any atom is 0.250 e. The predicted octanol–water partition coefficient (Wildman–Crippen LogP) is 0.833. The van der Waals surface area contributed by atoms with Gasteiger partial charge in [0.05, 0.1) is 18.2 Å². The highest BCUT2D eigenvalue weighted by Crippen LogP contribution is 2.08. The zero-order valence-electron chi connectivity index (χ0n) is 7.14. The molecule has 5 nitrogen and oxygen atoms in total. The van der Waals surface area contributed by atoms with Crippen molar-refractivity contribution in [1.29, 1.82) is 0 Å². The molecule has 14 heavy (non-hydrogen) atoms. The van der Waals surface area contributed by atoms with Crippen LogP contribution in [0.3, 0.4) is 0 Å². The predicted molar refractivity (Wildman–Crippen MR) is 54.3 cm³/mol. The van der Waals surface area contributed by atoms with E-state index in [9.17, 15) is 4.79 Å². The summed E-state index contributed by atoms with van der Waals surface area (Å²) in [6, 6.07) is 3.56. The third-order valence-electron chi connectivity index (χ3n) is 1.45. The molecule has 0 aromatic carbocycles. The Balaban J connectivity index is 2.01.